The van der Waals surface area contributed by atoms with E-state index in [1.54, 1.807) is 31.4 Å². The lowest BCUT2D eigenvalue weighted by Gasteiger charge is -2.14. The number of benzene rings is 5. The van der Waals surface area contributed by atoms with E-state index in [1.807, 2.05) is 84.9 Å². The predicted molar refractivity (Wildman–Crippen MR) is 159 cm³/mol. The number of carbonyl (C=O) groups is 1. The highest BCUT2D eigenvalue weighted by Crippen LogP contribution is 2.30. The Morgan fingerprint density at radius 3 is 2.35 bits per heavy atom. The van der Waals surface area contributed by atoms with Gasteiger partial charge in [-0.25, -0.2) is 5.43 Å². The van der Waals surface area contributed by atoms with Gasteiger partial charge in [-0.15, -0.1) is 0 Å². The van der Waals surface area contributed by atoms with Gasteiger partial charge in [-0.3, -0.25) is 4.79 Å². The topological polar surface area (TPSA) is 69.2 Å². The molecule has 1 N–H and O–H groups in total. The average Bonchev–Trinajstić information content (AvgIpc) is 3.00. The smallest absolute Gasteiger partial charge is 0.271 e. The summed E-state index contributed by atoms with van der Waals surface area (Å²) in [5.41, 5.74) is 5.74. The van der Waals surface area contributed by atoms with E-state index >= 15 is 0 Å². The number of hydrogen-bond acceptors (Lipinski definition) is 5. The van der Waals surface area contributed by atoms with Crippen molar-refractivity contribution in [2.75, 3.05) is 7.11 Å². The molecule has 0 heterocycles. The molecule has 40 heavy (non-hydrogen) atoms. The van der Waals surface area contributed by atoms with Crippen molar-refractivity contribution in [3.8, 4) is 17.2 Å². The van der Waals surface area contributed by atoms with Gasteiger partial charge in [-0.05, 0) is 58.3 Å². The standard InChI is InChI=1S/C33H27ClN2O4/c1-38-32-18-24(14-16-31(32)40-21-23-8-3-2-4-9-23)22-39-30-17-15-27(34)19-26(30)20-35-36-33(37)29-13-7-11-25-10-5-6-12-28(25)29/h2-20H,21-22H2,1H3,(H,36,37)/b35-20+. The number of hydrazone groups is 1. The minimum absolute atomic E-state index is 0.278. The molecular weight excluding hydrogens is 524 g/mol. The quantitative estimate of drug-likeness (QED) is 0.145. The maximum Gasteiger partial charge on any atom is 0.271 e. The summed E-state index contributed by atoms with van der Waals surface area (Å²) in [4.78, 5) is 12.8. The van der Waals surface area contributed by atoms with Gasteiger partial charge < -0.3 is 14.2 Å². The van der Waals surface area contributed by atoms with Gasteiger partial charge in [0.05, 0.1) is 13.3 Å². The number of methoxy groups -OCH3 is 1. The molecule has 0 aliphatic carbocycles. The van der Waals surface area contributed by atoms with E-state index in [-0.39, 0.29) is 12.5 Å². The van der Waals surface area contributed by atoms with Crippen LogP contribution in [-0.4, -0.2) is 19.2 Å². The van der Waals surface area contributed by atoms with Crippen LogP contribution >= 0.6 is 11.6 Å². The summed E-state index contributed by atoms with van der Waals surface area (Å²) >= 11 is 6.23. The number of fused-ring (bicyclic) bond motifs is 1. The molecule has 5 rings (SSSR count). The highest BCUT2D eigenvalue weighted by atomic mass is 35.5. The molecule has 0 spiro atoms. The Balaban J connectivity index is 1.25. The second-order valence-corrected chi connectivity index (χ2v) is 9.39. The Morgan fingerprint density at radius 1 is 0.775 bits per heavy atom. The number of amides is 1. The lowest BCUT2D eigenvalue weighted by molar-refractivity contribution is 0.0956. The van der Waals surface area contributed by atoms with Crippen molar-refractivity contribution in [1.29, 1.82) is 0 Å². The van der Waals surface area contributed by atoms with Gasteiger partial charge in [0, 0.05) is 16.1 Å². The highest BCUT2D eigenvalue weighted by molar-refractivity contribution is 6.30. The number of rotatable bonds is 10. The maximum atomic E-state index is 12.8. The van der Waals surface area contributed by atoms with E-state index in [0.29, 0.717) is 40.0 Å². The monoisotopic (exact) mass is 550 g/mol. The summed E-state index contributed by atoms with van der Waals surface area (Å²) < 4.78 is 17.6. The molecule has 0 radical (unpaired) electrons. The Hall–Kier alpha value is -4.81. The van der Waals surface area contributed by atoms with Crippen LogP contribution in [0.4, 0.5) is 0 Å². The van der Waals surface area contributed by atoms with Crippen LogP contribution in [0.3, 0.4) is 0 Å². The first kappa shape index (κ1) is 26.8. The Bertz CT molecular complexity index is 1650. The number of carbonyl (C=O) groups excluding carboxylic acids is 1. The zero-order valence-electron chi connectivity index (χ0n) is 21.8. The fourth-order valence-electron chi connectivity index (χ4n) is 4.21. The van der Waals surface area contributed by atoms with E-state index in [9.17, 15) is 4.79 Å². The summed E-state index contributed by atoms with van der Waals surface area (Å²) in [6, 6.07) is 34.2. The van der Waals surface area contributed by atoms with Crippen molar-refractivity contribution in [2.45, 2.75) is 13.2 Å². The van der Waals surface area contributed by atoms with E-state index in [4.69, 9.17) is 25.8 Å². The minimum atomic E-state index is -0.306. The van der Waals surface area contributed by atoms with Crippen molar-refractivity contribution in [3.05, 3.63) is 136 Å². The molecule has 0 saturated heterocycles. The zero-order chi connectivity index (χ0) is 27.7. The number of ether oxygens (including phenoxy) is 3. The summed E-state index contributed by atoms with van der Waals surface area (Å²) in [5, 5.41) is 6.53. The van der Waals surface area contributed by atoms with Gasteiger partial charge in [-0.2, -0.15) is 5.10 Å². The van der Waals surface area contributed by atoms with Crippen LogP contribution in [-0.2, 0) is 13.2 Å². The third kappa shape index (κ3) is 6.60. The summed E-state index contributed by atoms with van der Waals surface area (Å²) in [6.45, 7) is 0.720. The van der Waals surface area contributed by atoms with Crippen molar-refractivity contribution < 1.29 is 19.0 Å². The third-order valence-electron chi connectivity index (χ3n) is 6.24. The van der Waals surface area contributed by atoms with Crippen LogP contribution in [0.2, 0.25) is 5.02 Å². The molecule has 0 fully saturated rings. The van der Waals surface area contributed by atoms with Gasteiger partial charge in [0.25, 0.3) is 5.91 Å². The van der Waals surface area contributed by atoms with E-state index in [1.165, 1.54) is 6.21 Å². The molecule has 0 unspecified atom stereocenters. The lowest BCUT2D eigenvalue weighted by Crippen LogP contribution is -2.18. The molecule has 6 nitrogen and oxygen atoms in total. The number of nitrogens with zero attached hydrogens (tertiary/aromatic N) is 1. The van der Waals surface area contributed by atoms with Crippen LogP contribution in [0.15, 0.2) is 114 Å². The Morgan fingerprint density at radius 2 is 1.50 bits per heavy atom. The first-order valence-corrected chi connectivity index (χ1v) is 13.1. The second-order valence-electron chi connectivity index (χ2n) is 8.96. The van der Waals surface area contributed by atoms with Crippen LogP contribution in [0, 0.1) is 0 Å². The molecule has 0 bridgehead atoms. The van der Waals surface area contributed by atoms with Crippen LogP contribution in [0.25, 0.3) is 10.8 Å². The highest BCUT2D eigenvalue weighted by Gasteiger charge is 2.11. The fraction of sp³-hybridized carbons (Fsp3) is 0.0909. The van der Waals surface area contributed by atoms with Gasteiger partial charge in [0.1, 0.15) is 19.0 Å². The van der Waals surface area contributed by atoms with E-state index in [0.717, 1.165) is 21.9 Å². The van der Waals surface area contributed by atoms with Crippen LogP contribution < -0.4 is 19.6 Å². The van der Waals surface area contributed by atoms with Crippen molar-refractivity contribution >= 4 is 34.5 Å². The normalized spacial score (nSPS) is 10.9. The fourth-order valence-corrected chi connectivity index (χ4v) is 4.39. The van der Waals surface area contributed by atoms with Crippen LogP contribution in [0.5, 0.6) is 17.2 Å². The van der Waals surface area contributed by atoms with Gasteiger partial charge in [-0.1, -0.05) is 84.4 Å². The number of hydrogen-bond donors (Lipinski definition) is 1. The summed E-state index contributed by atoms with van der Waals surface area (Å²) in [6.07, 6.45) is 1.52. The zero-order valence-corrected chi connectivity index (χ0v) is 22.6. The van der Waals surface area contributed by atoms with Crippen LogP contribution in [0.1, 0.15) is 27.0 Å². The first-order valence-electron chi connectivity index (χ1n) is 12.7. The largest absolute Gasteiger partial charge is 0.493 e. The molecule has 1 amide bonds. The molecule has 0 aliphatic heterocycles. The summed E-state index contributed by atoms with van der Waals surface area (Å²) in [7, 11) is 1.61. The molecule has 200 valence electrons. The van der Waals surface area contributed by atoms with Crippen molar-refractivity contribution in [1.82, 2.24) is 5.43 Å². The average molecular weight is 551 g/mol. The van der Waals surface area contributed by atoms with Crippen molar-refractivity contribution in [3.63, 3.8) is 0 Å². The molecule has 5 aromatic rings. The van der Waals surface area contributed by atoms with Gasteiger partial charge >= 0.3 is 0 Å². The predicted octanol–water partition coefficient (Wildman–Crippen LogP) is 7.42. The molecule has 0 atom stereocenters. The van der Waals surface area contributed by atoms with E-state index < -0.39 is 0 Å². The number of nitrogens with one attached hydrogen (secondary N) is 1. The number of halogens is 1. The Labute approximate surface area is 237 Å². The molecule has 0 aromatic heterocycles. The summed E-state index contributed by atoms with van der Waals surface area (Å²) in [5.74, 6) is 1.53. The van der Waals surface area contributed by atoms with E-state index in [2.05, 4.69) is 10.5 Å². The first-order chi connectivity index (χ1) is 19.6. The maximum absolute atomic E-state index is 12.8. The minimum Gasteiger partial charge on any atom is -0.493 e. The third-order valence-corrected chi connectivity index (χ3v) is 6.47. The van der Waals surface area contributed by atoms with Gasteiger partial charge in [0.2, 0.25) is 0 Å². The van der Waals surface area contributed by atoms with Crippen molar-refractivity contribution in [2.24, 2.45) is 5.10 Å². The van der Waals surface area contributed by atoms with Gasteiger partial charge in [0.15, 0.2) is 11.5 Å². The molecule has 0 saturated carbocycles. The molecule has 5 aromatic carbocycles. The molecule has 7 heteroatoms. The lowest BCUT2D eigenvalue weighted by atomic mass is 10.0. The Kier molecular flexibility index (Phi) is 8.59. The molecule has 0 aliphatic rings. The molecular formula is C33H27ClN2O4. The second kappa shape index (κ2) is 12.8. The SMILES string of the molecule is COc1cc(COc2ccc(Cl)cc2/C=N/NC(=O)c2cccc3ccccc23)ccc1OCc1ccccc1.